The molecule has 2 heteroatoms. The van der Waals surface area contributed by atoms with Crippen molar-refractivity contribution >= 4 is 0 Å². The van der Waals surface area contributed by atoms with Gasteiger partial charge in [-0.2, -0.15) is 0 Å². The van der Waals surface area contributed by atoms with Gasteiger partial charge in [-0.3, -0.25) is 0 Å². The van der Waals surface area contributed by atoms with E-state index < -0.39 is 0 Å². The van der Waals surface area contributed by atoms with E-state index in [1.54, 1.807) is 7.11 Å². The molecule has 2 aliphatic rings. The monoisotopic (exact) mass is 246 g/mol. The third kappa shape index (κ3) is 2.69. The summed E-state index contributed by atoms with van der Waals surface area (Å²) in [7, 11) is 1.71. The Morgan fingerprint density at radius 3 is 2.61 bits per heavy atom. The van der Waals surface area contributed by atoms with Gasteiger partial charge >= 0.3 is 0 Å². The summed E-state index contributed by atoms with van der Waals surface area (Å²) in [4.78, 5) is 0. The number of rotatable bonds is 5. The van der Waals surface area contributed by atoms with Crippen LogP contribution in [0.4, 0.5) is 0 Å². The average Bonchev–Trinajstić information content (AvgIpc) is 3.16. The molecule has 2 atom stereocenters. The Morgan fingerprint density at radius 1 is 1.17 bits per heavy atom. The maximum absolute atomic E-state index is 5.68. The van der Waals surface area contributed by atoms with Crippen molar-refractivity contribution in [2.24, 2.45) is 17.8 Å². The highest BCUT2D eigenvalue weighted by atomic mass is 16.5. The van der Waals surface area contributed by atoms with Crippen LogP contribution in [0.1, 0.15) is 24.8 Å². The van der Waals surface area contributed by atoms with Crippen LogP contribution in [-0.4, -0.2) is 20.3 Å². The van der Waals surface area contributed by atoms with Crippen molar-refractivity contribution in [1.82, 2.24) is 0 Å². The summed E-state index contributed by atoms with van der Waals surface area (Å²) in [6.45, 7) is 2.00. The molecule has 1 aromatic carbocycles. The molecule has 0 spiro atoms. The van der Waals surface area contributed by atoms with E-state index in [1.807, 2.05) is 0 Å². The van der Waals surface area contributed by atoms with Gasteiger partial charge in [0.25, 0.3) is 0 Å². The average molecular weight is 246 g/mol. The van der Waals surface area contributed by atoms with Gasteiger partial charge in [0.05, 0.1) is 13.7 Å². The Kier molecular flexibility index (Phi) is 3.55. The van der Waals surface area contributed by atoms with Crippen molar-refractivity contribution < 1.29 is 9.47 Å². The molecule has 0 bridgehead atoms. The van der Waals surface area contributed by atoms with Gasteiger partial charge < -0.3 is 9.47 Å². The predicted octanol–water partition coefficient (Wildman–Crippen LogP) is 3.30. The highest BCUT2D eigenvalue weighted by Crippen LogP contribution is 2.44. The fourth-order valence-corrected chi connectivity index (χ4v) is 3.10. The SMILES string of the molecule is COc1ccc(CCC2COCC2C2CC2)cc1. The van der Waals surface area contributed by atoms with Crippen molar-refractivity contribution in [1.29, 1.82) is 0 Å². The second-order valence-corrected chi connectivity index (χ2v) is 5.69. The molecule has 0 radical (unpaired) electrons. The molecule has 0 N–H and O–H groups in total. The maximum Gasteiger partial charge on any atom is 0.118 e. The highest BCUT2D eigenvalue weighted by molar-refractivity contribution is 5.27. The van der Waals surface area contributed by atoms with Crippen molar-refractivity contribution in [3.05, 3.63) is 29.8 Å². The zero-order valence-electron chi connectivity index (χ0n) is 11.1. The lowest BCUT2D eigenvalue weighted by atomic mass is 9.87. The van der Waals surface area contributed by atoms with Gasteiger partial charge in [0.1, 0.15) is 5.75 Å². The van der Waals surface area contributed by atoms with E-state index in [0.29, 0.717) is 0 Å². The van der Waals surface area contributed by atoms with Crippen molar-refractivity contribution in [2.45, 2.75) is 25.7 Å². The van der Waals surface area contributed by atoms with Gasteiger partial charge in [-0.1, -0.05) is 12.1 Å². The second kappa shape index (κ2) is 5.31. The van der Waals surface area contributed by atoms with Crippen LogP contribution >= 0.6 is 0 Å². The lowest BCUT2D eigenvalue weighted by Gasteiger charge is -2.16. The Labute approximate surface area is 109 Å². The van der Waals surface area contributed by atoms with E-state index in [9.17, 15) is 0 Å². The minimum absolute atomic E-state index is 0.791. The molecule has 1 aliphatic carbocycles. The molecule has 0 amide bonds. The normalized spacial score (nSPS) is 27.4. The number of ether oxygens (including phenoxy) is 2. The highest BCUT2D eigenvalue weighted by Gasteiger charge is 2.39. The van der Waals surface area contributed by atoms with Crippen LogP contribution in [0.5, 0.6) is 5.75 Å². The van der Waals surface area contributed by atoms with E-state index in [2.05, 4.69) is 24.3 Å². The Bertz CT molecular complexity index is 381. The summed E-state index contributed by atoms with van der Waals surface area (Å²) in [5.74, 6) is 3.56. The van der Waals surface area contributed by atoms with Crippen LogP contribution in [0, 0.1) is 17.8 Å². The number of benzene rings is 1. The van der Waals surface area contributed by atoms with Crippen LogP contribution in [0.2, 0.25) is 0 Å². The fraction of sp³-hybridized carbons (Fsp3) is 0.625. The third-order valence-electron chi connectivity index (χ3n) is 4.44. The Balaban J connectivity index is 1.53. The topological polar surface area (TPSA) is 18.5 Å². The number of hydrogen-bond donors (Lipinski definition) is 0. The molecular formula is C16H22O2. The first kappa shape index (κ1) is 12.0. The smallest absolute Gasteiger partial charge is 0.118 e. The van der Waals surface area contributed by atoms with E-state index in [-0.39, 0.29) is 0 Å². The quantitative estimate of drug-likeness (QED) is 0.793. The first-order valence-electron chi connectivity index (χ1n) is 7.07. The van der Waals surface area contributed by atoms with E-state index >= 15 is 0 Å². The zero-order valence-corrected chi connectivity index (χ0v) is 11.1. The van der Waals surface area contributed by atoms with Gasteiger partial charge in [0.2, 0.25) is 0 Å². The summed E-state index contributed by atoms with van der Waals surface area (Å²) in [5, 5.41) is 0. The minimum Gasteiger partial charge on any atom is -0.497 e. The van der Waals surface area contributed by atoms with Gasteiger partial charge in [0.15, 0.2) is 0 Å². The summed E-state index contributed by atoms with van der Waals surface area (Å²) < 4.78 is 10.9. The first-order chi connectivity index (χ1) is 8.86. The molecular weight excluding hydrogens is 224 g/mol. The standard InChI is InChI=1S/C16H22O2/c1-17-15-8-3-12(4-9-15)2-5-14-10-18-11-16(14)13-6-7-13/h3-4,8-9,13-14,16H,2,5-7,10-11H2,1H3. The van der Waals surface area contributed by atoms with Crippen LogP contribution in [0.15, 0.2) is 24.3 Å². The third-order valence-corrected chi connectivity index (χ3v) is 4.44. The molecule has 1 saturated carbocycles. The first-order valence-corrected chi connectivity index (χ1v) is 7.07. The molecule has 3 rings (SSSR count). The van der Waals surface area contributed by atoms with Gasteiger partial charge in [-0.05, 0) is 61.1 Å². The van der Waals surface area contributed by atoms with Gasteiger partial charge in [0, 0.05) is 6.61 Å². The van der Waals surface area contributed by atoms with E-state index in [1.165, 1.54) is 31.2 Å². The largest absolute Gasteiger partial charge is 0.497 e. The van der Waals surface area contributed by atoms with Gasteiger partial charge in [-0.25, -0.2) is 0 Å². The van der Waals surface area contributed by atoms with Crippen molar-refractivity contribution in [2.75, 3.05) is 20.3 Å². The number of methoxy groups -OCH3 is 1. The fourth-order valence-electron chi connectivity index (χ4n) is 3.10. The van der Waals surface area contributed by atoms with E-state index in [4.69, 9.17) is 9.47 Å². The van der Waals surface area contributed by atoms with Crippen LogP contribution in [0.3, 0.4) is 0 Å². The maximum atomic E-state index is 5.68. The van der Waals surface area contributed by atoms with Crippen LogP contribution in [-0.2, 0) is 11.2 Å². The summed E-state index contributed by atoms with van der Waals surface area (Å²) >= 11 is 0. The molecule has 1 aromatic rings. The molecule has 1 aliphatic heterocycles. The van der Waals surface area contributed by atoms with Gasteiger partial charge in [-0.15, -0.1) is 0 Å². The minimum atomic E-state index is 0.791. The zero-order chi connectivity index (χ0) is 12.4. The Morgan fingerprint density at radius 2 is 1.94 bits per heavy atom. The lowest BCUT2D eigenvalue weighted by molar-refractivity contribution is 0.177. The number of hydrogen-bond acceptors (Lipinski definition) is 2. The molecule has 1 heterocycles. The number of aryl methyl sites for hydroxylation is 1. The molecule has 2 unspecified atom stereocenters. The summed E-state index contributed by atoms with van der Waals surface area (Å²) in [5.41, 5.74) is 1.41. The van der Waals surface area contributed by atoms with Crippen molar-refractivity contribution in [3.63, 3.8) is 0 Å². The van der Waals surface area contributed by atoms with Crippen molar-refractivity contribution in [3.8, 4) is 5.75 Å². The van der Waals surface area contributed by atoms with Crippen LogP contribution in [0.25, 0.3) is 0 Å². The molecule has 2 nitrogen and oxygen atoms in total. The summed E-state index contributed by atoms with van der Waals surface area (Å²) in [6, 6.07) is 8.47. The molecule has 2 fully saturated rings. The molecule has 1 saturated heterocycles. The summed E-state index contributed by atoms with van der Waals surface area (Å²) in [6.07, 6.45) is 5.31. The lowest BCUT2D eigenvalue weighted by Crippen LogP contribution is -2.15. The second-order valence-electron chi connectivity index (χ2n) is 5.69. The molecule has 0 aromatic heterocycles. The molecule has 98 valence electrons. The van der Waals surface area contributed by atoms with E-state index in [0.717, 1.165) is 36.7 Å². The predicted molar refractivity (Wildman–Crippen MR) is 71.8 cm³/mol. The van der Waals surface area contributed by atoms with Crippen LogP contribution < -0.4 is 4.74 Å². The Hall–Kier alpha value is -1.02. The molecule has 18 heavy (non-hydrogen) atoms.